The number of benzene rings is 1. The molecule has 7 fully saturated rings. The second-order valence-electron chi connectivity index (χ2n) is 8.81. The van der Waals surface area contributed by atoms with Gasteiger partial charge in [-0.3, -0.25) is 4.79 Å². The van der Waals surface area contributed by atoms with Gasteiger partial charge in [-0.15, -0.1) is 0 Å². The predicted octanol–water partition coefficient (Wildman–Crippen LogP) is 0.836. The van der Waals surface area contributed by atoms with Crippen LogP contribution in [0.3, 0.4) is 0 Å². The Balaban J connectivity index is 1.42. The Labute approximate surface area is 134 Å². The fourth-order valence-electron chi connectivity index (χ4n) is 8.58. The quantitative estimate of drug-likeness (QED) is 0.851. The number of nitrogens with zero attached hydrogens (tertiary/aromatic N) is 1. The lowest BCUT2D eigenvalue weighted by Gasteiger charge is -2.65. The second-order valence-corrected chi connectivity index (χ2v) is 8.81. The van der Waals surface area contributed by atoms with Gasteiger partial charge in [0.15, 0.2) is 5.60 Å². The van der Waals surface area contributed by atoms with Crippen molar-refractivity contribution >= 4 is 5.91 Å². The number of carbonyl (C=O) groups excluding carboxylic acids is 1. The summed E-state index contributed by atoms with van der Waals surface area (Å²) < 4.78 is 0. The molecular weight excluding hydrogens is 290 g/mol. The number of piperidine rings is 2. The Morgan fingerprint density at radius 3 is 2.48 bits per heavy atom. The molecule has 2 aliphatic heterocycles. The minimum Gasteiger partial charge on any atom is -0.379 e. The summed E-state index contributed by atoms with van der Waals surface area (Å²) in [5.41, 5.74) is -1.15. The van der Waals surface area contributed by atoms with Gasteiger partial charge in [0.05, 0.1) is 0 Å². The molecular formula is C19H19NO3. The van der Waals surface area contributed by atoms with Gasteiger partial charge >= 0.3 is 0 Å². The zero-order valence-electron chi connectivity index (χ0n) is 12.7. The molecule has 2 saturated heterocycles. The van der Waals surface area contributed by atoms with E-state index in [9.17, 15) is 15.0 Å². The number of carbonyl (C=O) groups is 1. The van der Waals surface area contributed by atoms with Crippen LogP contribution in [0.2, 0.25) is 0 Å². The standard InChI is InChI=1S/C19H19NO3/c21-17-18(22)13-9-6-10-12-11(9)15(18)16(12)19(23,14(10)13)20(17)7-8-4-2-1-3-5-8/h1-5,9-16,22-23H,6-7H2/t9-,10+,11-,12+,13-,14+,15-,16+,18?,19?/m1/s1. The maximum Gasteiger partial charge on any atom is 0.257 e. The number of hydrogen-bond donors (Lipinski definition) is 2. The lowest BCUT2D eigenvalue weighted by molar-refractivity contribution is -0.304. The summed E-state index contributed by atoms with van der Waals surface area (Å²) >= 11 is 0. The number of amides is 1. The topological polar surface area (TPSA) is 60.8 Å². The summed E-state index contributed by atoms with van der Waals surface area (Å²) in [6.45, 7) is 0.416. The molecule has 8 rings (SSSR count). The Bertz CT molecular complexity index is 780. The first-order chi connectivity index (χ1) is 11.1. The largest absolute Gasteiger partial charge is 0.379 e. The third kappa shape index (κ3) is 0.869. The molecule has 5 saturated carbocycles. The van der Waals surface area contributed by atoms with Crippen LogP contribution in [0.4, 0.5) is 0 Å². The minimum absolute atomic E-state index is 0.0297. The van der Waals surface area contributed by atoms with Crippen molar-refractivity contribution < 1.29 is 15.0 Å². The smallest absolute Gasteiger partial charge is 0.257 e. The molecule has 1 aromatic rings. The van der Waals surface area contributed by atoms with E-state index in [-0.39, 0.29) is 29.6 Å². The van der Waals surface area contributed by atoms with Gasteiger partial charge in [-0.1, -0.05) is 30.3 Å². The third-order valence-electron chi connectivity index (χ3n) is 8.70. The monoisotopic (exact) mass is 309 g/mol. The Morgan fingerprint density at radius 2 is 1.70 bits per heavy atom. The molecule has 0 spiro atoms. The fourth-order valence-corrected chi connectivity index (χ4v) is 8.58. The Hall–Kier alpha value is -1.39. The SMILES string of the molecule is O=C1N(Cc2ccccc2)C2(O)[C@H]3[C@H]4C[C@@H]5[C@@H]6[C@H]4[C@H]2[C@@H]6C1(O)[C@H]53. The van der Waals surface area contributed by atoms with E-state index in [2.05, 4.69) is 0 Å². The molecule has 23 heavy (non-hydrogen) atoms. The van der Waals surface area contributed by atoms with Crippen molar-refractivity contribution in [2.24, 2.45) is 47.3 Å². The minimum atomic E-state index is -1.17. The fraction of sp³-hybridized carbons (Fsp3) is 0.632. The molecule has 118 valence electrons. The van der Waals surface area contributed by atoms with Gasteiger partial charge in [-0.05, 0) is 35.7 Å². The van der Waals surface area contributed by atoms with Crippen LogP contribution < -0.4 is 0 Å². The van der Waals surface area contributed by atoms with E-state index in [1.807, 2.05) is 30.3 Å². The first-order valence-electron chi connectivity index (χ1n) is 8.90. The van der Waals surface area contributed by atoms with Crippen LogP contribution in [0.25, 0.3) is 0 Å². The van der Waals surface area contributed by atoms with Gasteiger partial charge in [-0.25, -0.2) is 0 Å². The normalized spacial score (nSPS) is 61.8. The van der Waals surface area contributed by atoms with Crippen LogP contribution >= 0.6 is 0 Å². The summed E-state index contributed by atoms with van der Waals surface area (Å²) in [6, 6.07) is 9.86. The van der Waals surface area contributed by atoms with Crippen LogP contribution in [0.15, 0.2) is 30.3 Å². The molecule has 4 heteroatoms. The van der Waals surface area contributed by atoms with Gasteiger partial charge in [0, 0.05) is 30.2 Å². The average Bonchev–Trinajstić information content (AvgIpc) is 3.05. The summed E-state index contributed by atoms with van der Waals surface area (Å²) in [7, 11) is 0. The van der Waals surface area contributed by atoms with Crippen LogP contribution in [-0.4, -0.2) is 32.3 Å². The van der Waals surface area contributed by atoms with Gasteiger partial charge in [0.25, 0.3) is 5.91 Å². The van der Waals surface area contributed by atoms with E-state index in [1.54, 1.807) is 4.90 Å². The van der Waals surface area contributed by atoms with E-state index >= 15 is 0 Å². The molecule has 2 N–H and O–H groups in total. The average molecular weight is 309 g/mol. The van der Waals surface area contributed by atoms with Crippen LogP contribution in [-0.2, 0) is 11.3 Å². The highest BCUT2D eigenvalue weighted by atomic mass is 16.3. The Morgan fingerprint density at radius 1 is 1.00 bits per heavy atom. The maximum absolute atomic E-state index is 13.2. The number of fused-ring (bicyclic) bond motifs is 1. The first kappa shape index (κ1) is 12.0. The van der Waals surface area contributed by atoms with Crippen LogP contribution in [0, 0.1) is 47.3 Å². The van der Waals surface area contributed by atoms with E-state index in [4.69, 9.17) is 0 Å². The molecule has 4 bridgehead atoms. The maximum atomic E-state index is 13.2. The van der Waals surface area contributed by atoms with Crippen molar-refractivity contribution in [3.05, 3.63) is 35.9 Å². The van der Waals surface area contributed by atoms with Crippen molar-refractivity contribution in [1.29, 1.82) is 0 Å². The molecule has 0 radical (unpaired) electrons. The highest BCUT2D eigenvalue weighted by Crippen LogP contribution is 2.89. The van der Waals surface area contributed by atoms with E-state index in [0.29, 0.717) is 30.2 Å². The highest BCUT2D eigenvalue weighted by molar-refractivity contribution is 5.91. The van der Waals surface area contributed by atoms with Crippen molar-refractivity contribution in [2.75, 3.05) is 0 Å². The number of aliphatic hydroxyl groups is 2. The summed E-state index contributed by atoms with van der Waals surface area (Å²) in [5, 5.41) is 23.2. The van der Waals surface area contributed by atoms with Crippen molar-refractivity contribution in [3.8, 4) is 0 Å². The molecule has 1 aromatic carbocycles. The summed E-state index contributed by atoms with van der Waals surface area (Å²) in [5.74, 6) is 2.24. The van der Waals surface area contributed by atoms with Crippen molar-refractivity contribution in [2.45, 2.75) is 24.3 Å². The zero-order valence-corrected chi connectivity index (χ0v) is 12.7. The molecule has 0 aromatic heterocycles. The van der Waals surface area contributed by atoms with E-state index in [0.717, 1.165) is 12.0 Å². The molecule has 4 nitrogen and oxygen atoms in total. The zero-order chi connectivity index (χ0) is 15.3. The van der Waals surface area contributed by atoms with Gasteiger partial charge in [0.1, 0.15) is 5.72 Å². The summed E-state index contributed by atoms with van der Waals surface area (Å²) in [4.78, 5) is 14.8. The molecule has 1 amide bonds. The van der Waals surface area contributed by atoms with Gasteiger partial charge in [-0.2, -0.15) is 0 Å². The number of hydrogen-bond acceptors (Lipinski definition) is 3. The molecule has 2 heterocycles. The van der Waals surface area contributed by atoms with Crippen molar-refractivity contribution in [1.82, 2.24) is 4.90 Å². The highest BCUT2D eigenvalue weighted by Gasteiger charge is 2.96. The lowest BCUT2D eigenvalue weighted by Crippen LogP contribution is -2.80. The summed E-state index contributed by atoms with van der Waals surface area (Å²) in [6.07, 6.45) is 1.13. The van der Waals surface area contributed by atoms with Crippen LogP contribution in [0.5, 0.6) is 0 Å². The first-order valence-corrected chi connectivity index (χ1v) is 8.90. The van der Waals surface area contributed by atoms with Gasteiger partial charge < -0.3 is 15.1 Å². The van der Waals surface area contributed by atoms with Crippen molar-refractivity contribution in [3.63, 3.8) is 0 Å². The Kier molecular flexibility index (Phi) is 1.62. The van der Waals surface area contributed by atoms with Gasteiger partial charge in [0.2, 0.25) is 0 Å². The predicted molar refractivity (Wildman–Crippen MR) is 79.4 cm³/mol. The molecule has 2 unspecified atom stereocenters. The molecule has 7 aliphatic rings. The van der Waals surface area contributed by atoms with E-state index < -0.39 is 11.3 Å². The molecule has 10 atom stereocenters. The second kappa shape index (κ2) is 3.09. The lowest BCUT2D eigenvalue weighted by atomic mass is 9.50. The molecule has 5 aliphatic carbocycles. The third-order valence-corrected chi connectivity index (χ3v) is 8.70. The van der Waals surface area contributed by atoms with E-state index in [1.165, 1.54) is 0 Å². The number of rotatable bonds is 2. The van der Waals surface area contributed by atoms with Crippen LogP contribution in [0.1, 0.15) is 12.0 Å².